The molecule has 1 aromatic rings. The van der Waals surface area contributed by atoms with Crippen molar-refractivity contribution >= 4 is 15.9 Å². The van der Waals surface area contributed by atoms with Gasteiger partial charge in [0.25, 0.3) is 0 Å². The third-order valence-electron chi connectivity index (χ3n) is 3.74. The summed E-state index contributed by atoms with van der Waals surface area (Å²) in [6, 6.07) is 0.556. The van der Waals surface area contributed by atoms with Gasteiger partial charge in [-0.05, 0) is 49.0 Å². The van der Waals surface area contributed by atoms with Crippen molar-refractivity contribution in [2.45, 2.75) is 65.3 Å². The molecule has 0 aliphatic carbocycles. The molecule has 0 aromatic carbocycles. The maximum Gasteiger partial charge on any atom is 0.0767 e. The molecule has 1 fully saturated rings. The molecule has 1 N–H and O–H groups in total. The SMILES string of the molecule is CCc1nn(CC)c(CNC2CCOC(C)C2)c1Br. The van der Waals surface area contributed by atoms with E-state index in [0.717, 1.165) is 44.7 Å². The van der Waals surface area contributed by atoms with Gasteiger partial charge in [-0.25, -0.2) is 0 Å². The monoisotopic (exact) mass is 329 g/mol. The number of nitrogens with zero attached hydrogens (tertiary/aromatic N) is 2. The topological polar surface area (TPSA) is 39.1 Å². The van der Waals surface area contributed by atoms with E-state index in [1.165, 1.54) is 10.2 Å². The van der Waals surface area contributed by atoms with Crippen LogP contribution in [0.4, 0.5) is 0 Å². The molecule has 1 saturated heterocycles. The maximum atomic E-state index is 5.58. The van der Waals surface area contributed by atoms with Gasteiger partial charge in [-0.15, -0.1) is 0 Å². The van der Waals surface area contributed by atoms with Crippen LogP contribution in [0.25, 0.3) is 0 Å². The zero-order valence-electron chi connectivity index (χ0n) is 12.1. The lowest BCUT2D eigenvalue weighted by Gasteiger charge is -2.28. The van der Waals surface area contributed by atoms with Gasteiger partial charge in [0.1, 0.15) is 0 Å². The van der Waals surface area contributed by atoms with E-state index in [1.54, 1.807) is 0 Å². The van der Waals surface area contributed by atoms with E-state index in [1.807, 2.05) is 0 Å². The predicted octanol–water partition coefficient (Wildman–Crippen LogP) is 2.89. The largest absolute Gasteiger partial charge is 0.378 e. The van der Waals surface area contributed by atoms with Crippen LogP contribution in [0.3, 0.4) is 0 Å². The van der Waals surface area contributed by atoms with Gasteiger partial charge in [0.2, 0.25) is 0 Å². The van der Waals surface area contributed by atoms with Gasteiger partial charge in [-0.3, -0.25) is 4.68 Å². The molecule has 2 rings (SSSR count). The number of aryl methyl sites for hydroxylation is 2. The van der Waals surface area contributed by atoms with Gasteiger partial charge in [0, 0.05) is 25.7 Å². The fourth-order valence-electron chi connectivity index (χ4n) is 2.61. The van der Waals surface area contributed by atoms with Crippen molar-refractivity contribution < 1.29 is 4.74 Å². The summed E-state index contributed by atoms with van der Waals surface area (Å²) in [5.74, 6) is 0. The fraction of sp³-hybridized carbons (Fsp3) is 0.786. The fourth-order valence-corrected chi connectivity index (χ4v) is 3.32. The van der Waals surface area contributed by atoms with Crippen LogP contribution in [-0.4, -0.2) is 28.5 Å². The number of ether oxygens (including phenoxy) is 1. The minimum atomic E-state index is 0.372. The molecule has 2 unspecified atom stereocenters. The number of nitrogens with one attached hydrogen (secondary N) is 1. The standard InChI is InChI=1S/C14H24BrN3O/c1-4-12-14(15)13(18(5-2)17-12)9-16-11-6-7-19-10(3)8-11/h10-11,16H,4-9H2,1-3H3. The van der Waals surface area contributed by atoms with E-state index in [0.29, 0.717) is 12.1 Å². The van der Waals surface area contributed by atoms with Gasteiger partial charge in [0.05, 0.1) is 22.0 Å². The molecular formula is C14H24BrN3O. The molecule has 1 aliphatic heterocycles. The molecular weight excluding hydrogens is 306 g/mol. The summed E-state index contributed by atoms with van der Waals surface area (Å²) in [5.41, 5.74) is 2.41. The Balaban J connectivity index is 2.00. The molecule has 0 bridgehead atoms. The molecule has 0 spiro atoms. The van der Waals surface area contributed by atoms with E-state index >= 15 is 0 Å². The van der Waals surface area contributed by atoms with Crippen molar-refractivity contribution in [2.24, 2.45) is 0 Å². The molecule has 2 atom stereocenters. The molecule has 4 nitrogen and oxygen atoms in total. The van der Waals surface area contributed by atoms with Crippen LogP contribution in [0.15, 0.2) is 4.47 Å². The first-order valence-electron chi connectivity index (χ1n) is 7.24. The summed E-state index contributed by atoms with van der Waals surface area (Å²) < 4.78 is 8.85. The normalized spacial score (nSPS) is 23.8. The Labute approximate surface area is 124 Å². The average Bonchev–Trinajstić information content (AvgIpc) is 2.72. The van der Waals surface area contributed by atoms with Crippen LogP contribution in [0.2, 0.25) is 0 Å². The van der Waals surface area contributed by atoms with Crippen LogP contribution in [0, 0.1) is 0 Å². The molecule has 5 heteroatoms. The van der Waals surface area contributed by atoms with Crippen molar-refractivity contribution in [3.63, 3.8) is 0 Å². The van der Waals surface area contributed by atoms with E-state index < -0.39 is 0 Å². The van der Waals surface area contributed by atoms with Crippen LogP contribution < -0.4 is 5.32 Å². The Kier molecular flexibility index (Phi) is 5.42. The highest BCUT2D eigenvalue weighted by molar-refractivity contribution is 9.10. The van der Waals surface area contributed by atoms with Crippen LogP contribution in [0.5, 0.6) is 0 Å². The lowest BCUT2D eigenvalue weighted by atomic mass is 10.0. The van der Waals surface area contributed by atoms with Gasteiger partial charge >= 0.3 is 0 Å². The summed E-state index contributed by atoms with van der Waals surface area (Å²) in [5, 5.41) is 8.28. The summed E-state index contributed by atoms with van der Waals surface area (Å²) >= 11 is 3.69. The van der Waals surface area contributed by atoms with Crippen molar-refractivity contribution in [2.75, 3.05) is 6.61 Å². The van der Waals surface area contributed by atoms with Crippen molar-refractivity contribution in [3.05, 3.63) is 15.9 Å². The third kappa shape index (κ3) is 3.58. The summed E-state index contributed by atoms with van der Waals surface area (Å²) in [6.07, 6.45) is 3.54. The van der Waals surface area contributed by atoms with E-state index in [9.17, 15) is 0 Å². The van der Waals surface area contributed by atoms with Gasteiger partial charge in [-0.2, -0.15) is 5.10 Å². The average molecular weight is 330 g/mol. The van der Waals surface area contributed by atoms with Crippen molar-refractivity contribution in [1.29, 1.82) is 0 Å². The van der Waals surface area contributed by atoms with Crippen LogP contribution >= 0.6 is 15.9 Å². The number of halogens is 1. The molecule has 1 aliphatic rings. The van der Waals surface area contributed by atoms with E-state index in [-0.39, 0.29) is 0 Å². The molecule has 0 amide bonds. The Morgan fingerprint density at radius 1 is 1.47 bits per heavy atom. The van der Waals surface area contributed by atoms with Crippen LogP contribution in [-0.2, 0) is 24.2 Å². The van der Waals surface area contributed by atoms with Crippen molar-refractivity contribution in [1.82, 2.24) is 15.1 Å². The third-order valence-corrected chi connectivity index (χ3v) is 4.65. The smallest absolute Gasteiger partial charge is 0.0767 e. The van der Waals surface area contributed by atoms with Crippen LogP contribution in [0.1, 0.15) is 45.0 Å². The highest BCUT2D eigenvalue weighted by atomic mass is 79.9. The molecule has 1 aromatic heterocycles. The second-order valence-corrected chi connectivity index (χ2v) is 5.95. The van der Waals surface area contributed by atoms with Gasteiger partial charge in [-0.1, -0.05) is 6.92 Å². The molecule has 0 saturated carbocycles. The first-order chi connectivity index (χ1) is 9.15. The zero-order chi connectivity index (χ0) is 13.8. The molecule has 19 heavy (non-hydrogen) atoms. The minimum absolute atomic E-state index is 0.372. The highest BCUT2D eigenvalue weighted by Gasteiger charge is 2.20. The lowest BCUT2D eigenvalue weighted by Crippen LogP contribution is -2.38. The Hall–Kier alpha value is -0.390. The Bertz CT molecular complexity index is 419. The summed E-state index contributed by atoms with van der Waals surface area (Å²) in [4.78, 5) is 0. The summed E-state index contributed by atoms with van der Waals surface area (Å²) in [6.45, 7) is 9.09. The molecule has 0 radical (unpaired) electrons. The number of rotatable bonds is 5. The first kappa shape index (κ1) is 15.0. The number of hydrogen-bond donors (Lipinski definition) is 1. The quantitative estimate of drug-likeness (QED) is 0.902. The van der Waals surface area contributed by atoms with Gasteiger partial charge < -0.3 is 10.1 Å². The second kappa shape index (κ2) is 6.86. The second-order valence-electron chi connectivity index (χ2n) is 5.16. The highest BCUT2D eigenvalue weighted by Crippen LogP contribution is 2.23. The lowest BCUT2D eigenvalue weighted by molar-refractivity contribution is 0.0129. The van der Waals surface area contributed by atoms with E-state index in [4.69, 9.17) is 4.74 Å². The van der Waals surface area contributed by atoms with E-state index in [2.05, 4.69) is 51.8 Å². The number of hydrogen-bond acceptors (Lipinski definition) is 3. The zero-order valence-corrected chi connectivity index (χ0v) is 13.7. The Morgan fingerprint density at radius 3 is 2.89 bits per heavy atom. The molecule has 108 valence electrons. The maximum absolute atomic E-state index is 5.58. The predicted molar refractivity (Wildman–Crippen MR) is 80.3 cm³/mol. The van der Waals surface area contributed by atoms with Gasteiger partial charge in [0.15, 0.2) is 0 Å². The minimum Gasteiger partial charge on any atom is -0.378 e. The Morgan fingerprint density at radius 2 is 2.26 bits per heavy atom. The number of aromatic nitrogens is 2. The molecule has 2 heterocycles. The summed E-state index contributed by atoms with van der Waals surface area (Å²) in [7, 11) is 0. The van der Waals surface area contributed by atoms with Crippen molar-refractivity contribution in [3.8, 4) is 0 Å². The first-order valence-corrected chi connectivity index (χ1v) is 8.04.